The van der Waals surface area contributed by atoms with Crippen molar-refractivity contribution in [2.24, 2.45) is 7.05 Å². The van der Waals surface area contributed by atoms with Gasteiger partial charge in [-0.1, -0.05) is 23.7 Å². The van der Waals surface area contributed by atoms with Gasteiger partial charge < -0.3 is 0 Å². The summed E-state index contributed by atoms with van der Waals surface area (Å²) in [6.45, 7) is 0. The summed E-state index contributed by atoms with van der Waals surface area (Å²) in [5.41, 5.74) is 2.01. The lowest BCUT2D eigenvalue weighted by Gasteiger charge is -1.96. The molecule has 0 aliphatic rings. The smallest absolute Gasteiger partial charge is 0.0992 e. The van der Waals surface area contributed by atoms with Crippen LogP contribution in [0.5, 0.6) is 0 Å². The first kappa shape index (κ1) is 9.98. The van der Waals surface area contributed by atoms with Gasteiger partial charge in [-0.15, -0.1) is 0 Å². The molecule has 0 atom stereocenters. The third kappa shape index (κ3) is 1.93. The Morgan fingerprint density at radius 3 is 2.71 bits per heavy atom. The van der Waals surface area contributed by atoms with Crippen LogP contribution < -0.4 is 0 Å². The summed E-state index contributed by atoms with van der Waals surface area (Å²) in [6, 6.07) is 9.74. The van der Waals surface area contributed by atoms with E-state index in [1.807, 2.05) is 42.1 Å². The van der Waals surface area contributed by atoms with Crippen LogP contribution in [0.2, 0.25) is 5.02 Å². The highest BCUT2D eigenvalue weighted by Crippen LogP contribution is 2.22. The largest absolute Gasteiger partial charge is 0.262 e. The van der Waals surface area contributed by atoms with E-state index >= 15 is 0 Å². The Kier molecular flexibility index (Phi) is 2.78. The Hall–Kier alpha value is -0.550. The molecule has 1 heterocycles. The second-order valence-electron chi connectivity index (χ2n) is 2.99. The second kappa shape index (κ2) is 3.90. The van der Waals surface area contributed by atoms with Crippen LogP contribution in [0, 0.1) is 3.70 Å². The fourth-order valence-electron chi connectivity index (χ4n) is 1.23. The molecule has 72 valence electrons. The first-order valence-electron chi connectivity index (χ1n) is 4.12. The minimum absolute atomic E-state index is 0.739. The Bertz CT molecular complexity index is 445. The fourth-order valence-corrected chi connectivity index (χ4v) is 1.83. The molecule has 0 aliphatic heterocycles. The molecule has 2 rings (SSSR count). The van der Waals surface area contributed by atoms with E-state index in [4.69, 9.17) is 11.6 Å². The summed E-state index contributed by atoms with van der Waals surface area (Å²) >= 11 is 8.15. The highest BCUT2D eigenvalue weighted by Gasteiger charge is 2.04. The average Bonchev–Trinajstić information content (AvgIpc) is 2.47. The van der Waals surface area contributed by atoms with E-state index in [1.165, 1.54) is 0 Å². The van der Waals surface area contributed by atoms with Gasteiger partial charge in [-0.3, -0.25) is 4.68 Å². The van der Waals surface area contributed by atoms with Crippen LogP contribution in [0.15, 0.2) is 30.3 Å². The molecular weight excluding hydrogens is 310 g/mol. The number of aromatic nitrogens is 2. The van der Waals surface area contributed by atoms with Crippen molar-refractivity contribution in [1.29, 1.82) is 0 Å². The van der Waals surface area contributed by atoms with Gasteiger partial charge >= 0.3 is 0 Å². The first-order valence-corrected chi connectivity index (χ1v) is 5.58. The summed E-state index contributed by atoms with van der Waals surface area (Å²) in [6.07, 6.45) is 0. The van der Waals surface area contributed by atoms with Gasteiger partial charge in [0, 0.05) is 17.6 Å². The number of aryl methyl sites for hydroxylation is 1. The molecule has 2 aromatic rings. The molecule has 1 aromatic heterocycles. The first-order chi connectivity index (χ1) is 6.66. The zero-order chi connectivity index (χ0) is 10.1. The summed E-state index contributed by atoms with van der Waals surface area (Å²) < 4.78 is 2.95. The molecule has 0 N–H and O–H groups in total. The molecule has 0 bridgehead atoms. The summed E-state index contributed by atoms with van der Waals surface area (Å²) in [5.74, 6) is 0. The standard InChI is InChI=1S/C10H8ClIN2/c1-14-10(12)6-9(13-14)7-3-2-4-8(11)5-7/h2-6H,1H3. The summed E-state index contributed by atoms with van der Waals surface area (Å²) in [4.78, 5) is 0. The number of hydrogen-bond donors (Lipinski definition) is 0. The maximum Gasteiger partial charge on any atom is 0.0992 e. The van der Waals surface area contributed by atoms with Crippen LogP contribution in [-0.2, 0) is 7.05 Å². The van der Waals surface area contributed by atoms with Crippen molar-refractivity contribution in [2.75, 3.05) is 0 Å². The highest BCUT2D eigenvalue weighted by atomic mass is 127. The topological polar surface area (TPSA) is 17.8 Å². The molecule has 0 saturated heterocycles. The fraction of sp³-hybridized carbons (Fsp3) is 0.100. The molecule has 0 fully saturated rings. The maximum atomic E-state index is 5.90. The van der Waals surface area contributed by atoms with Gasteiger partial charge in [0.05, 0.1) is 9.39 Å². The summed E-state index contributed by atoms with van der Waals surface area (Å²) in [7, 11) is 1.93. The molecule has 0 aliphatic carbocycles. The third-order valence-corrected chi connectivity index (χ3v) is 3.19. The number of nitrogens with zero attached hydrogens (tertiary/aromatic N) is 2. The van der Waals surface area contributed by atoms with Crippen molar-refractivity contribution in [3.05, 3.63) is 39.1 Å². The molecule has 0 saturated carbocycles. The van der Waals surface area contributed by atoms with Crippen molar-refractivity contribution in [2.45, 2.75) is 0 Å². The van der Waals surface area contributed by atoms with E-state index in [0.29, 0.717) is 0 Å². The van der Waals surface area contributed by atoms with Gasteiger partial charge in [0.25, 0.3) is 0 Å². The molecule has 0 amide bonds. The van der Waals surface area contributed by atoms with Crippen LogP contribution >= 0.6 is 34.2 Å². The SMILES string of the molecule is Cn1nc(-c2cccc(Cl)c2)cc1I. The van der Waals surface area contributed by atoms with E-state index < -0.39 is 0 Å². The van der Waals surface area contributed by atoms with Gasteiger partial charge in [-0.25, -0.2) is 0 Å². The van der Waals surface area contributed by atoms with E-state index in [0.717, 1.165) is 20.0 Å². The molecule has 1 aromatic carbocycles. The van der Waals surface area contributed by atoms with Crippen LogP contribution in [0.3, 0.4) is 0 Å². The van der Waals surface area contributed by atoms with E-state index in [9.17, 15) is 0 Å². The van der Waals surface area contributed by atoms with Crippen molar-refractivity contribution < 1.29 is 0 Å². The zero-order valence-corrected chi connectivity index (χ0v) is 10.5. The van der Waals surface area contributed by atoms with Gasteiger partial charge in [-0.2, -0.15) is 5.10 Å². The Labute approximate surface area is 101 Å². The summed E-state index contributed by atoms with van der Waals surface area (Å²) in [5, 5.41) is 5.11. The number of hydrogen-bond acceptors (Lipinski definition) is 1. The lowest BCUT2D eigenvalue weighted by atomic mass is 10.2. The van der Waals surface area contributed by atoms with E-state index in [2.05, 4.69) is 27.7 Å². The number of halogens is 2. The van der Waals surface area contributed by atoms with Crippen LogP contribution in [0.25, 0.3) is 11.3 Å². The molecular formula is C10H8ClIN2. The molecule has 0 spiro atoms. The molecule has 4 heteroatoms. The predicted molar refractivity (Wildman–Crippen MR) is 66.4 cm³/mol. The van der Waals surface area contributed by atoms with Crippen molar-refractivity contribution in [3.8, 4) is 11.3 Å². The van der Waals surface area contributed by atoms with E-state index in [-0.39, 0.29) is 0 Å². The Morgan fingerprint density at radius 2 is 2.14 bits per heavy atom. The van der Waals surface area contributed by atoms with Crippen LogP contribution in [0.1, 0.15) is 0 Å². The highest BCUT2D eigenvalue weighted by molar-refractivity contribution is 14.1. The van der Waals surface area contributed by atoms with Gasteiger partial charge in [0.15, 0.2) is 0 Å². The van der Waals surface area contributed by atoms with Crippen LogP contribution in [-0.4, -0.2) is 9.78 Å². The molecule has 0 radical (unpaired) electrons. The molecule has 14 heavy (non-hydrogen) atoms. The number of rotatable bonds is 1. The van der Waals surface area contributed by atoms with Gasteiger partial charge in [0.1, 0.15) is 0 Å². The van der Waals surface area contributed by atoms with Crippen molar-refractivity contribution in [3.63, 3.8) is 0 Å². The lowest BCUT2D eigenvalue weighted by molar-refractivity contribution is 0.750. The zero-order valence-electron chi connectivity index (χ0n) is 7.54. The maximum absolute atomic E-state index is 5.90. The molecule has 2 nitrogen and oxygen atoms in total. The number of benzene rings is 1. The normalized spacial score (nSPS) is 10.5. The quantitative estimate of drug-likeness (QED) is 0.737. The predicted octanol–water partition coefficient (Wildman–Crippen LogP) is 3.35. The van der Waals surface area contributed by atoms with Gasteiger partial charge in [0.2, 0.25) is 0 Å². The molecule has 0 unspecified atom stereocenters. The second-order valence-corrected chi connectivity index (χ2v) is 4.53. The van der Waals surface area contributed by atoms with Gasteiger partial charge in [-0.05, 0) is 40.8 Å². The van der Waals surface area contributed by atoms with Crippen molar-refractivity contribution >= 4 is 34.2 Å². The average molecular weight is 319 g/mol. The Balaban J connectivity index is 2.49. The van der Waals surface area contributed by atoms with Crippen LogP contribution in [0.4, 0.5) is 0 Å². The monoisotopic (exact) mass is 318 g/mol. The van der Waals surface area contributed by atoms with E-state index in [1.54, 1.807) is 0 Å². The lowest BCUT2D eigenvalue weighted by Crippen LogP contribution is -1.91. The van der Waals surface area contributed by atoms with Crippen molar-refractivity contribution in [1.82, 2.24) is 9.78 Å². The minimum atomic E-state index is 0.739. The minimum Gasteiger partial charge on any atom is -0.262 e. The third-order valence-electron chi connectivity index (χ3n) is 1.94. The Morgan fingerprint density at radius 1 is 1.36 bits per heavy atom.